The van der Waals surface area contributed by atoms with Crippen LogP contribution in [0.4, 0.5) is 14.5 Å². The molecule has 0 aromatic heterocycles. The molecule has 0 aliphatic carbocycles. The number of halogens is 2. The second kappa shape index (κ2) is 10.6. The molecule has 1 N–H and O–H groups in total. The van der Waals surface area contributed by atoms with Gasteiger partial charge >= 0.3 is 0 Å². The molecule has 2 aliphatic heterocycles. The number of ether oxygens (including phenoxy) is 1. The number of hydrogen-bond acceptors (Lipinski definition) is 4. The maximum absolute atomic E-state index is 14.0. The number of guanidine groups is 1. The Morgan fingerprint density at radius 2 is 1.82 bits per heavy atom. The number of anilines is 1. The minimum atomic E-state index is -0.409. The third-order valence-corrected chi connectivity index (χ3v) is 5.33. The third kappa shape index (κ3) is 5.78. The molecule has 8 heteroatoms. The molecular formula is C20H31F2N5O. The fourth-order valence-corrected chi connectivity index (χ4v) is 3.70. The van der Waals surface area contributed by atoms with Gasteiger partial charge in [0, 0.05) is 58.9 Å². The van der Waals surface area contributed by atoms with Crippen LogP contribution < -0.4 is 10.2 Å². The van der Waals surface area contributed by atoms with Crippen LogP contribution in [0.25, 0.3) is 0 Å². The molecule has 0 spiro atoms. The van der Waals surface area contributed by atoms with Crippen molar-refractivity contribution in [3.05, 3.63) is 29.8 Å². The monoisotopic (exact) mass is 395 g/mol. The number of aliphatic imine (C=N–C) groups is 1. The van der Waals surface area contributed by atoms with Crippen LogP contribution in [0.3, 0.4) is 0 Å². The molecule has 6 nitrogen and oxygen atoms in total. The topological polar surface area (TPSA) is 43.3 Å². The Morgan fingerprint density at radius 3 is 2.54 bits per heavy atom. The molecule has 1 aromatic rings. The number of piperazine rings is 1. The highest BCUT2D eigenvalue weighted by atomic mass is 19.1. The van der Waals surface area contributed by atoms with Crippen LogP contribution in [-0.2, 0) is 4.74 Å². The van der Waals surface area contributed by atoms with Crippen LogP contribution in [0, 0.1) is 11.6 Å². The van der Waals surface area contributed by atoms with Gasteiger partial charge in [0.15, 0.2) is 5.96 Å². The van der Waals surface area contributed by atoms with Gasteiger partial charge < -0.3 is 19.9 Å². The summed E-state index contributed by atoms with van der Waals surface area (Å²) in [6, 6.07) is 3.61. The average molecular weight is 395 g/mol. The highest BCUT2D eigenvalue weighted by molar-refractivity contribution is 5.80. The Bertz CT molecular complexity index is 643. The molecule has 2 heterocycles. The van der Waals surface area contributed by atoms with Crippen molar-refractivity contribution in [3.8, 4) is 0 Å². The number of rotatable bonds is 6. The van der Waals surface area contributed by atoms with E-state index in [9.17, 15) is 8.78 Å². The molecule has 2 aliphatic rings. The van der Waals surface area contributed by atoms with Crippen LogP contribution in [0.1, 0.15) is 12.8 Å². The van der Waals surface area contributed by atoms with Gasteiger partial charge in [-0.25, -0.2) is 8.78 Å². The van der Waals surface area contributed by atoms with E-state index in [-0.39, 0.29) is 5.82 Å². The quantitative estimate of drug-likeness (QED) is 0.452. The predicted molar refractivity (Wildman–Crippen MR) is 108 cm³/mol. The van der Waals surface area contributed by atoms with E-state index >= 15 is 0 Å². The lowest BCUT2D eigenvalue weighted by Crippen LogP contribution is -2.52. The van der Waals surface area contributed by atoms with Crippen molar-refractivity contribution in [2.24, 2.45) is 4.99 Å². The van der Waals surface area contributed by atoms with Crippen LogP contribution in [-0.4, -0.2) is 88.4 Å². The molecule has 2 saturated heterocycles. The first-order valence-corrected chi connectivity index (χ1v) is 10.1. The summed E-state index contributed by atoms with van der Waals surface area (Å²) in [5.74, 6) is 0.0942. The third-order valence-electron chi connectivity index (χ3n) is 5.33. The van der Waals surface area contributed by atoms with Gasteiger partial charge in [0.05, 0.1) is 18.9 Å². The smallest absolute Gasteiger partial charge is 0.193 e. The van der Waals surface area contributed by atoms with Gasteiger partial charge in [-0.15, -0.1) is 0 Å². The molecular weight excluding hydrogens is 364 g/mol. The molecule has 0 unspecified atom stereocenters. The molecule has 28 heavy (non-hydrogen) atoms. The second-order valence-electron chi connectivity index (χ2n) is 7.20. The first kappa shape index (κ1) is 20.8. The van der Waals surface area contributed by atoms with Crippen molar-refractivity contribution >= 4 is 11.6 Å². The minimum Gasteiger partial charge on any atom is -0.379 e. The van der Waals surface area contributed by atoms with E-state index in [1.165, 1.54) is 12.1 Å². The zero-order valence-corrected chi connectivity index (χ0v) is 16.7. The summed E-state index contributed by atoms with van der Waals surface area (Å²) in [4.78, 5) is 10.9. The van der Waals surface area contributed by atoms with Gasteiger partial charge in [0.2, 0.25) is 0 Å². The van der Waals surface area contributed by atoms with Crippen LogP contribution in [0.15, 0.2) is 23.2 Å². The summed E-state index contributed by atoms with van der Waals surface area (Å²) in [7, 11) is 1.79. The number of unbranched alkanes of at least 4 members (excludes halogenated alkanes) is 1. The summed E-state index contributed by atoms with van der Waals surface area (Å²) in [6.45, 7) is 8.48. The summed E-state index contributed by atoms with van der Waals surface area (Å²) in [5.41, 5.74) is 0.339. The lowest BCUT2D eigenvalue weighted by molar-refractivity contribution is 0.0372. The van der Waals surface area contributed by atoms with E-state index in [0.717, 1.165) is 77.3 Å². The summed E-state index contributed by atoms with van der Waals surface area (Å²) in [6.07, 6.45) is 2.24. The van der Waals surface area contributed by atoms with E-state index < -0.39 is 5.82 Å². The summed E-state index contributed by atoms with van der Waals surface area (Å²) in [5, 5.41) is 3.43. The fraction of sp³-hybridized carbons (Fsp3) is 0.650. The molecule has 2 fully saturated rings. The Kier molecular flexibility index (Phi) is 7.85. The number of morpholine rings is 1. The first-order chi connectivity index (χ1) is 13.7. The number of hydrogen-bond donors (Lipinski definition) is 1. The van der Waals surface area contributed by atoms with Crippen molar-refractivity contribution in [1.82, 2.24) is 15.1 Å². The fourth-order valence-electron chi connectivity index (χ4n) is 3.70. The van der Waals surface area contributed by atoms with Crippen LogP contribution >= 0.6 is 0 Å². The predicted octanol–water partition coefficient (Wildman–Crippen LogP) is 1.77. The normalized spacial score (nSPS) is 19.2. The van der Waals surface area contributed by atoms with Crippen molar-refractivity contribution in [1.29, 1.82) is 0 Å². The molecule has 0 radical (unpaired) electrons. The van der Waals surface area contributed by atoms with Crippen LogP contribution in [0.5, 0.6) is 0 Å². The average Bonchev–Trinajstić information content (AvgIpc) is 2.73. The maximum Gasteiger partial charge on any atom is 0.193 e. The van der Waals surface area contributed by atoms with E-state index in [0.29, 0.717) is 18.8 Å². The SMILES string of the molecule is CN=C(NCCCCN1CCOCC1)N1CCN(c2cc(F)ccc2F)CC1. The van der Waals surface area contributed by atoms with Crippen molar-refractivity contribution in [2.45, 2.75) is 12.8 Å². The van der Waals surface area contributed by atoms with E-state index in [1.807, 2.05) is 4.90 Å². The van der Waals surface area contributed by atoms with Gasteiger partial charge in [0.25, 0.3) is 0 Å². The van der Waals surface area contributed by atoms with Crippen LogP contribution in [0.2, 0.25) is 0 Å². The largest absolute Gasteiger partial charge is 0.379 e. The standard InChI is InChI=1S/C20H31F2N5O/c1-23-20(24-6-2-3-7-25-12-14-28-15-13-25)27-10-8-26(9-11-27)19-16-17(21)4-5-18(19)22/h4-5,16H,2-3,6-15H2,1H3,(H,23,24). The highest BCUT2D eigenvalue weighted by Crippen LogP contribution is 2.21. The molecule has 156 valence electrons. The number of nitrogens with one attached hydrogen (secondary N) is 1. The summed E-state index contributed by atoms with van der Waals surface area (Å²) < 4.78 is 32.8. The maximum atomic E-state index is 14.0. The highest BCUT2D eigenvalue weighted by Gasteiger charge is 2.22. The van der Waals surface area contributed by atoms with Gasteiger partial charge in [0.1, 0.15) is 11.6 Å². The Labute approximate surface area is 166 Å². The minimum absolute atomic E-state index is 0.339. The van der Waals surface area contributed by atoms with Gasteiger partial charge in [-0.3, -0.25) is 9.89 Å². The Hall–Kier alpha value is -1.93. The molecule has 0 saturated carbocycles. The van der Waals surface area contributed by atoms with E-state index in [2.05, 4.69) is 20.1 Å². The van der Waals surface area contributed by atoms with Gasteiger partial charge in [-0.05, 0) is 31.5 Å². The van der Waals surface area contributed by atoms with Gasteiger partial charge in [-0.2, -0.15) is 0 Å². The number of nitrogens with zero attached hydrogens (tertiary/aromatic N) is 4. The molecule has 3 rings (SSSR count). The zero-order chi connectivity index (χ0) is 19.8. The van der Waals surface area contributed by atoms with E-state index in [1.54, 1.807) is 7.05 Å². The molecule has 1 aromatic carbocycles. The molecule has 0 amide bonds. The van der Waals surface area contributed by atoms with E-state index in [4.69, 9.17) is 4.74 Å². The summed E-state index contributed by atoms with van der Waals surface area (Å²) >= 11 is 0. The zero-order valence-electron chi connectivity index (χ0n) is 16.7. The Balaban J connectivity index is 1.38. The van der Waals surface area contributed by atoms with Gasteiger partial charge in [-0.1, -0.05) is 0 Å². The lowest BCUT2D eigenvalue weighted by atomic mass is 10.2. The first-order valence-electron chi connectivity index (χ1n) is 10.1. The lowest BCUT2D eigenvalue weighted by Gasteiger charge is -2.37. The molecule has 0 atom stereocenters. The van der Waals surface area contributed by atoms with Crippen molar-refractivity contribution < 1.29 is 13.5 Å². The number of benzene rings is 1. The van der Waals surface area contributed by atoms with Crippen molar-refractivity contribution in [3.63, 3.8) is 0 Å². The van der Waals surface area contributed by atoms with Crippen molar-refractivity contribution in [2.75, 3.05) is 77.5 Å². The second-order valence-corrected chi connectivity index (χ2v) is 7.20. The molecule has 0 bridgehead atoms. The Morgan fingerprint density at radius 1 is 1.07 bits per heavy atom.